The van der Waals surface area contributed by atoms with Crippen LogP contribution in [0.25, 0.3) is 0 Å². The Labute approximate surface area is 118 Å². The Hall–Kier alpha value is -1.32. The van der Waals surface area contributed by atoms with Crippen LogP contribution >= 0.6 is 27.5 Å². The van der Waals surface area contributed by atoms with E-state index in [1.54, 1.807) is 24.3 Å². The van der Waals surface area contributed by atoms with E-state index in [4.69, 9.17) is 16.7 Å². The smallest absolute Gasteiger partial charge is 0.335 e. The molecule has 0 bridgehead atoms. The first-order valence-corrected chi connectivity index (χ1v) is 6.60. The van der Waals surface area contributed by atoms with Gasteiger partial charge in [-0.2, -0.15) is 0 Å². The van der Waals surface area contributed by atoms with Gasteiger partial charge in [-0.25, -0.2) is 4.79 Å². The molecule has 2 aromatic rings. The summed E-state index contributed by atoms with van der Waals surface area (Å²) in [4.78, 5) is 10.8. The molecule has 0 heterocycles. The van der Waals surface area contributed by atoms with E-state index in [9.17, 15) is 4.79 Å². The number of carboxylic acid groups (broad SMARTS) is 1. The number of benzene rings is 2. The molecule has 92 valence electrons. The second-order valence-electron chi connectivity index (χ2n) is 3.84. The van der Waals surface area contributed by atoms with Crippen LogP contribution in [0.15, 0.2) is 48.5 Å². The Bertz CT molecular complexity index is 549. The molecule has 0 aromatic heterocycles. The molecule has 0 amide bonds. The minimum atomic E-state index is -0.917. The van der Waals surface area contributed by atoms with Gasteiger partial charge in [0.05, 0.1) is 10.4 Å². The third-order valence-corrected chi connectivity index (χ3v) is 3.92. The normalized spacial score (nSPS) is 12.1. The van der Waals surface area contributed by atoms with Crippen molar-refractivity contribution in [1.82, 2.24) is 0 Å². The molecule has 0 saturated carbocycles. The second kappa shape index (κ2) is 5.55. The first-order valence-electron chi connectivity index (χ1n) is 5.31. The Kier molecular flexibility index (Phi) is 4.04. The van der Waals surface area contributed by atoms with E-state index in [-0.39, 0.29) is 10.4 Å². The first-order chi connectivity index (χ1) is 8.58. The van der Waals surface area contributed by atoms with Crippen LogP contribution in [0, 0.1) is 0 Å². The van der Waals surface area contributed by atoms with E-state index in [1.165, 1.54) is 0 Å². The Morgan fingerprint density at radius 2 is 1.44 bits per heavy atom. The van der Waals surface area contributed by atoms with Crippen LogP contribution < -0.4 is 0 Å². The molecule has 2 aromatic carbocycles. The molecule has 0 aliphatic rings. The van der Waals surface area contributed by atoms with Crippen LogP contribution in [0.5, 0.6) is 0 Å². The van der Waals surface area contributed by atoms with Crippen LogP contribution in [0.4, 0.5) is 0 Å². The van der Waals surface area contributed by atoms with Crippen molar-refractivity contribution in [3.63, 3.8) is 0 Å². The van der Waals surface area contributed by atoms with Gasteiger partial charge in [0, 0.05) is 5.02 Å². The highest BCUT2D eigenvalue weighted by Gasteiger charge is 2.11. The molecule has 0 aliphatic heterocycles. The van der Waals surface area contributed by atoms with Gasteiger partial charge < -0.3 is 5.11 Å². The molecule has 0 spiro atoms. The summed E-state index contributed by atoms with van der Waals surface area (Å²) < 4.78 is 0. The van der Waals surface area contributed by atoms with Crippen molar-refractivity contribution in [2.75, 3.05) is 0 Å². The van der Waals surface area contributed by atoms with Crippen molar-refractivity contribution < 1.29 is 9.90 Å². The lowest BCUT2D eigenvalue weighted by atomic mass is 10.0. The van der Waals surface area contributed by atoms with Gasteiger partial charge in [0.25, 0.3) is 0 Å². The highest BCUT2D eigenvalue weighted by molar-refractivity contribution is 9.09. The summed E-state index contributed by atoms with van der Waals surface area (Å²) in [6.07, 6.45) is 0. The lowest BCUT2D eigenvalue weighted by Gasteiger charge is -2.11. The average molecular weight is 326 g/mol. The fraction of sp³-hybridized carbons (Fsp3) is 0.0714. The summed E-state index contributed by atoms with van der Waals surface area (Å²) in [5.41, 5.74) is 2.36. The lowest BCUT2D eigenvalue weighted by molar-refractivity contribution is 0.0697. The van der Waals surface area contributed by atoms with Crippen molar-refractivity contribution in [2.24, 2.45) is 0 Å². The van der Waals surface area contributed by atoms with Gasteiger partial charge >= 0.3 is 5.97 Å². The van der Waals surface area contributed by atoms with Gasteiger partial charge in [-0.05, 0) is 35.4 Å². The molecular weight excluding hydrogens is 316 g/mol. The monoisotopic (exact) mass is 324 g/mol. The Balaban J connectivity index is 2.25. The minimum absolute atomic E-state index is 0.0256. The zero-order valence-electron chi connectivity index (χ0n) is 9.31. The van der Waals surface area contributed by atoms with Crippen LogP contribution in [0.3, 0.4) is 0 Å². The highest BCUT2D eigenvalue weighted by atomic mass is 79.9. The van der Waals surface area contributed by atoms with Crippen molar-refractivity contribution in [2.45, 2.75) is 4.83 Å². The van der Waals surface area contributed by atoms with Crippen molar-refractivity contribution in [3.05, 3.63) is 70.2 Å². The highest BCUT2D eigenvalue weighted by Crippen LogP contribution is 2.31. The molecule has 2 rings (SSSR count). The molecule has 18 heavy (non-hydrogen) atoms. The molecular formula is C14H10BrClO2. The van der Waals surface area contributed by atoms with Crippen LogP contribution in [0.2, 0.25) is 5.02 Å². The predicted octanol–water partition coefficient (Wildman–Crippen LogP) is 4.52. The number of hydrogen-bond donors (Lipinski definition) is 1. The summed E-state index contributed by atoms with van der Waals surface area (Å²) in [5.74, 6) is -0.917. The first kappa shape index (κ1) is 13.1. The average Bonchev–Trinajstić information content (AvgIpc) is 2.39. The maximum Gasteiger partial charge on any atom is 0.335 e. The van der Waals surface area contributed by atoms with Crippen molar-refractivity contribution in [1.29, 1.82) is 0 Å². The number of alkyl halides is 1. The maximum atomic E-state index is 10.8. The Morgan fingerprint density at radius 1 is 1.00 bits per heavy atom. The quantitative estimate of drug-likeness (QED) is 0.842. The van der Waals surface area contributed by atoms with Gasteiger partial charge in [0.2, 0.25) is 0 Å². The zero-order valence-corrected chi connectivity index (χ0v) is 11.6. The summed E-state index contributed by atoms with van der Waals surface area (Å²) in [6.45, 7) is 0. The number of carboxylic acids is 1. The van der Waals surface area contributed by atoms with Gasteiger partial charge in [-0.15, -0.1) is 0 Å². The van der Waals surface area contributed by atoms with Gasteiger partial charge in [0.15, 0.2) is 0 Å². The topological polar surface area (TPSA) is 37.3 Å². The molecule has 4 heteroatoms. The van der Waals surface area contributed by atoms with Gasteiger partial charge in [-0.3, -0.25) is 0 Å². The van der Waals surface area contributed by atoms with E-state index in [0.29, 0.717) is 5.02 Å². The number of rotatable bonds is 3. The van der Waals surface area contributed by atoms with Crippen molar-refractivity contribution >= 4 is 33.5 Å². The van der Waals surface area contributed by atoms with Crippen LogP contribution in [-0.2, 0) is 0 Å². The molecule has 1 atom stereocenters. The third-order valence-electron chi connectivity index (χ3n) is 2.61. The molecule has 1 N–H and O–H groups in total. The second-order valence-corrected chi connectivity index (χ2v) is 5.19. The number of carbonyl (C=O) groups is 1. The molecule has 1 unspecified atom stereocenters. The zero-order chi connectivity index (χ0) is 13.1. The van der Waals surface area contributed by atoms with E-state index in [1.807, 2.05) is 24.3 Å². The van der Waals surface area contributed by atoms with E-state index in [0.717, 1.165) is 11.1 Å². The fourth-order valence-electron chi connectivity index (χ4n) is 1.62. The number of hydrogen-bond acceptors (Lipinski definition) is 1. The Morgan fingerprint density at radius 3 is 1.89 bits per heavy atom. The summed E-state index contributed by atoms with van der Waals surface area (Å²) in [6, 6.07) is 14.3. The van der Waals surface area contributed by atoms with E-state index in [2.05, 4.69) is 15.9 Å². The third kappa shape index (κ3) is 2.92. The van der Waals surface area contributed by atoms with Gasteiger partial charge in [0.1, 0.15) is 0 Å². The molecule has 0 aliphatic carbocycles. The van der Waals surface area contributed by atoms with Gasteiger partial charge in [-0.1, -0.05) is 51.8 Å². The fourth-order valence-corrected chi connectivity index (χ4v) is 2.36. The number of halogens is 2. The lowest BCUT2D eigenvalue weighted by Crippen LogP contribution is -1.97. The van der Waals surface area contributed by atoms with E-state index < -0.39 is 5.97 Å². The predicted molar refractivity (Wildman–Crippen MR) is 75.6 cm³/mol. The summed E-state index contributed by atoms with van der Waals surface area (Å²) >= 11 is 9.43. The van der Waals surface area contributed by atoms with Crippen molar-refractivity contribution in [3.8, 4) is 0 Å². The van der Waals surface area contributed by atoms with Crippen LogP contribution in [-0.4, -0.2) is 11.1 Å². The SMILES string of the molecule is O=C(O)c1ccc(C(Br)c2ccc(Cl)cc2)cc1. The van der Waals surface area contributed by atoms with Crippen LogP contribution in [0.1, 0.15) is 26.3 Å². The summed E-state index contributed by atoms with van der Waals surface area (Å²) in [7, 11) is 0. The standard InChI is InChI=1S/C14H10BrClO2/c15-13(10-5-7-12(16)8-6-10)9-1-3-11(4-2-9)14(17)18/h1-8,13H,(H,17,18). The minimum Gasteiger partial charge on any atom is -0.478 e. The molecule has 0 radical (unpaired) electrons. The molecule has 0 saturated heterocycles. The summed E-state index contributed by atoms with van der Waals surface area (Å²) in [5, 5.41) is 9.53. The largest absolute Gasteiger partial charge is 0.478 e. The molecule has 0 fully saturated rings. The number of aromatic carboxylic acids is 1. The molecule has 2 nitrogen and oxygen atoms in total. The van der Waals surface area contributed by atoms with E-state index >= 15 is 0 Å². The maximum absolute atomic E-state index is 10.8.